The number of anilines is 8. The molecule has 0 unspecified atom stereocenters. The molecule has 0 saturated carbocycles. The highest BCUT2D eigenvalue weighted by Gasteiger charge is 2.52. The van der Waals surface area contributed by atoms with Gasteiger partial charge in [0.15, 0.2) is 23.0 Å². The number of hydrogen-bond donors (Lipinski definition) is 4. The number of Topliss-reactive ketones (excluding diaryl/α,β-unsaturated/α-hetero) is 1. The summed E-state index contributed by atoms with van der Waals surface area (Å²) in [5, 5.41) is 17.0. The number of aryl methyl sites for hydroxylation is 6. The van der Waals surface area contributed by atoms with E-state index in [2.05, 4.69) is 70.5 Å². The number of ether oxygens (including phenoxy) is 1. The number of alkyl halides is 15. The van der Waals surface area contributed by atoms with Crippen LogP contribution in [0.2, 0.25) is 0 Å². The molecule has 8 amide bonds. The number of benzene rings is 5. The van der Waals surface area contributed by atoms with Gasteiger partial charge < -0.3 is 58.8 Å². The predicted molar refractivity (Wildman–Crippen MR) is 514 cm³/mol. The average molecular weight is 2090 g/mol. The molecule has 5 aromatic heterocycles. The number of carbonyl (C=O) groups excluding carboxylic acids is 7. The largest absolute Gasteiger partial charge is 0.477 e. The highest BCUT2D eigenvalue weighted by molar-refractivity contribution is 6.01. The van der Waals surface area contributed by atoms with Gasteiger partial charge in [-0.2, -0.15) is 65.9 Å². The molecule has 10 aliphatic rings. The van der Waals surface area contributed by atoms with E-state index >= 15 is 0 Å². The van der Waals surface area contributed by atoms with Crippen LogP contribution in [-0.4, -0.2) is 265 Å². The van der Waals surface area contributed by atoms with E-state index < -0.39 is 88.6 Å². The topological polar surface area (TPSA) is 363 Å². The van der Waals surface area contributed by atoms with Crippen LogP contribution in [0, 0.1) is 101 Å². The molecule has 5 aromatic carbocycles. The number of rotatable bonds is 13. The van der Waals surface area contributed by atoms with Crippen molar-refractivity contribution in [3.8, 4) is 0 Å². The number of methoxy groups -OCH3 is 1. The minimum atomic E-state index is -4.43. The van der Waals surface area contributed by atoms with Crippen LogP contribution in [0.4, 0.5) is 126 Å². The van der Waals surface area contributed by atoms with E-state index in [4.69, 9.17) is 5.11 Å². The quantitative estimate of drug-likeness (QED) is 0.0473. The number of amides is 8. The van der Waals surface area contributed by atoms with Gasteiger partial charge in [0.25, 0.3) is 11.8 Å². The lowest BCUT2D eigenvalue weighted by molar-refractivity contribution is -0.137. The Morgan fingerprint density at radius 1 is 0.309 bits per heavy atom. The summed E-state index contributed by atoms with van der Waals surface area (Å²) in [6, 6.07) is 33.3. The molecular weight excluding hydrogens is 1980 g/mol. The Hall–Kier alpha value is -15.2. The molecule has 4 N–H and O–H groups in total. The number of ketones is 1. The molecule has 10 aromatic rings. The van der Waals surface area contributed by atoms with Gasteiger partial charge in [0.05, 0.1) is 34.9 Å². The Kier molecular flexibility index (Phi) is 31.0. The van der Waals surface area contributed by atoms with Gasteiger partial charge in [0.2, 0.25) is 23.5 Å². The number of para-hydroxylation sites is 5. The van der Waals surface area contributed by atoms with Crippen LogP contribution in [0.5, 0.6) is 0 Å². The van der Waals surface area contributed by atoms with Crippen molar-refractivity contribution in [3.63, 3.8) is 0 Å². The molecule has 0 radical (unpaired) electrons. The van der Waals surface area contributed by atoms with E-state index in [1.165, 1.54) is 99.2 Å². The fourth-order valence-electron chi connectivity index (χ4n) is 21.4. The number of carbonyl (C=O) groups is 8. The Balaban J connectivity index is 0.000000133. The lowest BCUT2D eigenvalue weighted by Gasteiger charge is -2.26. The molecule has 0 aliphatic carbocycles. The molecular formula is C101H104F15N23O10. The number of urea groups is 3. The summed E-state index contributed by atoms with van der Waals surface area (Å²) >= 11 is 0. The number of nitrogens with one attached hydrogen (secondary N) is 3. The third kappa shape index (κ3) is 24.8. The molecule has 0 bridgehead atoms. The number of esters is 1. The van der Waals surface area contributed by atoms with Crippen molar-refractivity contribution < 1.29 is 114 Å². The van der Waals surface area contributed by atoms with Gasteiger partial charge >= 0.3 is 60.9 Å². The molecule has 15 heterocycles. The highest BCUT2D eigenvalue weighted by Crippen LogP contribution is 2.48. The number of fused-ring (bicyclic) bond motifs is 5. The Labute approximate surface area is 844 Å². The first-order valence-corrected chi connectivity index (χ1v) is 47.8. The van der Waals surface area contributed by atoms with Gasteiger partial charge in [0, 0.05) is 272 Å². The summed E-state index contributed by atoms with van der Waals surface area (Å²) in [6.45, 7) is 21.0. The normalized spacial score (nSPS) is 21.1. The fourth-order valence-corrected chi connectivity index (χ4v) is 21.4. The monoisotopic (exact) mass is 2080 g/mol. The zero-order valence-corrected chi connectivity index (χ0v) is 81.7. The summed E-state index contributed by atoms with van der Waals surface area (Å²) in [7, 11) is 1.23. The summed E-state index contributed by atoms with van der Waals surface area (Å²) in [4.78, 5) is 156. The lowest BCUT2D eigenvalue weighted by atomic mass is 10.0. The van der Waals surface area contributed by atoms with Crippen molar-refractivity contribution in [2.24, 2.45) is 59.2 Å². The molecule has 20 rings (SSSR count). The van der Waals surface area contributed by atoms with E-state index in [0.29, 0.717) is 142 Å². The molecule has 10 fully saturated rings. The van der Waals surface area contributed by atoms with Crippen molar-refractivity contribution in [1.29, 1.82) is 0 Å². The first-order valence-electron chi connectivity index (χ1n) is 47.8. The summed E-state index contributed by atoms with van der Waals surface area (Å²) in [6.07, 6.45) is -19.3. The number of carboxylic acid groups (broad SMARTS) is 1. The van der Waals surface area contributed by atoms with Gasteiger partial charge in [-0.1, -0.05) is 60.7 Å². The van der Waals surface area contributed by atoms with Gasteiger partial charge in [0.1, 0.15) is 5.69 Å². The fraction of sp³-hybridized carbons (Fsp3) is 0.426. The van der Waals surface area contributed by atoms with E-state index in [-0.39, 0.29) is 152 Å². The van der Waals surface area contributed by atoms with Crippen molar-refractivity contribution in [2.75, 3.05) is 178 Å². The third-order valence-electron chi connectivity index (χ3n) is 28.0. The van der Waals surface area contributed by atoms with Crippen molar-refractivity contribution in [2.45, 2.75) is 79.3 Å². The number of carboxylic acids is 1. The Morgan fingerprint density at radius 3 is 0.832 bits per heavy atom. The smallest absolute Gasteiger partial charge is 0.418 e. The number of hydrogen-bond acceptors (Lipinski definition) is 24. The van der Waals surface area contributed by atoms with Crippen LogP contribution in [0.3, 0.4) is 0 Å². The minimum Gasteiger partial charge on any atom is -0.477 e. The van der Waals surface area contributed by atoms with Gasteiger partial charge in [-0.15, -0.1) is 0 Å². The zero-order chi connectivity index (χ0) is 107. The Morgan fingerprint density at radius 2 is 0.550 bits per heavy atom. The number of halogens is 15. The molecule has 10 aliphatic heterocycles. The lowest BCUT2D eigenvalue weighted by Crippen LogP contribution is -2.37. The maximum Gasteiger partial charge on any atom is 0.418 e. The molecule has 0 spiro atoms. The SMILES string of the molecule is CC(=O)c1nccnc1NC(=O)N1C[C@@H]2CN(c3ccccc3C(F)(F)F)C[C@@H]2C1.COC(=O)c1cc(C)nc(C(=O)N2C[C@@H]3CN(c4ccccc4C(F)(F)F)C[C@@H]3C2)n1.Cc1cc(C(=O)O)nc(NC(=O)N2C[C@@H]3CN(c4ccccc4C(F)(F)F)C[C@@H]3C2)n1.Cc1cc(C)nc(C(=O)N2C[C@@H]3CN(c4ccccc4C(F)(F)F)C[C@@H]3C2)n1.Cc1cc(C)nc(NC(=O)N2C[C@@H]3CN(c4ccccc4C(F)(F)F)C[C@@H]3C2)n1. The highest BCUT2D eigenvalue weighted by atomic mass is 19.4. The number of likely N-dealkylation sites (tertiary alicyclic amines) is 5. The number of aromatic carboxylic acids is 1. The summed E-state index contributed by atoms with van der Waals surface area (Å²) in [5.41, 5.74) is 1.55. The van der Waals surface area contributed by atoms with E-state index in [9.17, 15) is 104 Å². The standard InChI is InChI=1S/C21H21F3N4O3.C20H20F3N5O3.C20H20F3N5O2.C20H22F3N5O.C20H21F3N4O/c1-12-7-16(20(30)31-2)26-18(25-12)19(29)28-10-13-8-27(9-14(13)11-28)17-6-4-3-5-15(17)21(22,23)24;1-11-6-15(17(29)30)25-18(24-11)26-19(31)28-9-12-7-27(8-13(12)10-28)16-5-3-2-4-14(16)20(21,22)23;1-12(29)17-18(25-7-6-24-17)26-19(30)28-10-13-8-27(9-14(13)11-28)16-5-3-2-4-15(16)20(21,22)23;1-12-7-13(2)25-18(24-12)26-19(29)28-10-14-8-27(9-15(14)11-28)17-6-4-3-5-16(17)20(21,22)23;1-12-7-13(2)25-18(24-12)19(28)27-10-14-8-26(9-15(14)11-27)17-6-4-3-5-16(17)20(21,22)23/h3-7,13-14H,8-11H2,1-2H3;2-6,12-13H,7-10H2,1H3,(H,29,30)(H,24,25,26,31);2-7,13-14H,8-11H2,1H3,(H,25,26,30);3-7,14-15H,8-11H2,1-2H3,(H,24,25,26,29);3-7,14-15H,8-11H2,1-2H3/t13-,14+;12-,13+;13-,14+;2*14-,15+. The van der Waals surface area contributed by atoms with Gasteiger partial charge in [-0.3, -0.25) is 30.3 Å². The summed E-state index contributed by atoms with van der Waals surface area (Å²) in [5.74, 6) is -1.49. The van der Waals surface area contributed by atoms with Crippen LogP contribution in [0.1, 0.15) is 122 Å². The Bertz CT molecular complexity index is 6590. The van der Waals surface area contributed by atoms with Crippen LogP contribution in [0.25, 0.3) is 0 Å². The predicted octanol–water partition coefficient (Wildman–Crippen LogP) is 16.2. The molecule has 48 heteroatoms. The second-order valence-electron chi connectivity index (χ2n) is 38.6. The number of nitrogens with zero attached hydrogens (tertiary/aromatic N) is 20. The van der Waals surface area contributed by atoms with Crippen molar-refractivity contribution >= 4 is 93.8 Å². The maximum atomic E-state index is 13.4. The second kappa shape index (κ2) is 43.3. The van der Waals surface area contributed by atoms with Crippen LogP contribution in [-0.2, 0) is 35.6 Å². The molecule has 788 valence electrons. The number of aromatic nitrogens is 10. The first kappa shape index (κ1) is 107. The minimum absolute atomic E-state index is 0.00711. The van der Waals surface area contributed by atoms with E-state index in [1.54, 1.807) is 93.2 Å². The van der Waals surface area contributed by atoms with Crippen LogP contribution in [0.15, 0.2) is 158 Å². The molecule has 149 heavy (non-hydrogen) atoms. The van der Waals surface area contributed by atoms with Crippen molar-refractivity contribution in [3.05, 3.63) is 249 Å². The van der Waals surface area contributed by atoms with Crippen molar-refractivity contribution in [1.82, 2.24) is 74.3 Å². The molecule has 10 saturated heterocycles. The molecule has 33 nitrogen and oxygen atoms in total. The van der Waals surface area contributed by atoms with E-state index in [0.717, 1.165) is 53.1 Å². The van der Waals surface area contributed by atoms with Gasteiger partial charge in [-0.05, 0) is 126 Å². The second-order valence-corrected chi connectivity index (χ2v) is 38.6. The van der Waals surface area contributed by atoms with Crippen LogP contribution >= 0.6 is 0 Å². The first-order chi connectivity index (χ1) is 70.4. The average Bonchev–Trinajstić information content (AvgIpc) is 1.64. The summed E-state index contributed by atoms with van der Waals surface area (Å²) < 4.78 is 205. The zero-order valence-electron chi connectivity index (χ0n) is 81.7. The third-order valence-corrected chi connectivity index (χ3v) is 28.0. The maximum absolute atomic E-state index is 13.4. The molecule has 10 atom stereocenters. The van der Waals surface area contributed by atoms with E-state index in [1.807, 2.05) is 39.8 Å². The van der Waals surface area contributed by atoms with Crippen LogP contribution < -0.4 is 40.4 Å². The van der Waals surface area contributed by atoms with Gasteiger partial charge in [-0.25, -0.2) is 73.8 Å².